The van der Waals surface area contributed by atoms with E-state index in [0.717, 1.165) is 18.8 Å². The number of fused-ring (bicyclic) bond motifs is 1. The van der Waals surface area contributed by atoms with Gasteiger partial charge in [0, 0.05) is 36.6 Å². The van der Waals surface area contributed by atoms with Crippen LogP contribution in [0.2, 0.25) is 0 Å². The van der Waals surface area contributed by atoms with E-state index in [1.54, 1.807) is 31.2 Å². The van der Waals surface area contributed by atoms with Gasteiger partial charge in [-0.2, -0.15) is 0 Å². The zero-order chi connectivity index (χ0) is 26.5. The Kier molecular flexibility index (Phi) is 7.60. The zero-order valence-corrected chi connectivity index (χ0v) is 21.1. The van der Waals surface area contributed by atoms with Crippen LogP contribution in [0, 0.1) is 5.82 Å². The maximum absolute atomic E-state index is 14.5. The SMILES string of the molecule is CC(C(=O)Nc1ccc(N2CCOCC2)cc1)N(Cc1ccccc1F)C(=O)Cn1nnc2ccccc21. The maximum atomic E-state index is 14.5. The van der Waals surface area contributed by atoms with Crippen LogP contribution in [-0.4, -0.2) is 64.1 Å². The number of hydrogen-bond acceptors (Lipinski definition) is 6. The average Bonchev–Trinajstić information content (AvgIpc) is 3.35. The molecule has 0 aliphatic carbocycles. The largest absolute Gasteiger partial charge is 0.378 e. The Labute approximate surface area is 219 Å². The van der Waals surface area contributed by atoms with Crippen LogP contribution in [0.1, 0.15) is 12.5 Å². The van der Waals surface area contributed by atoms with E-state index in [-0.39, 0.29) is 24.9 Å². The van der Waals surface area contributed by atoms with Crippen LogP contribution in [0.15, 0.2) is 72.8 Å². The fourth-order valence-electron chi connectivity index (χ4n) is 4.47. The molecule has 10 heteroatoms. The molecule has 196 valence electrons. The summed E-state index contributed by atoms with van der Waals surface area (Å²) in [6, 6.07) is 20.2. The highest BCUT2D eigenvalue weighted by molar-refractivity contribution is 5.97. The van der Waals surface area contributed by atoms with Gasteiger partial charge in [0.05, 0.1) is 18.7 Å². The van der Waals surface area contributed by atoms with E-state index in [9.17, 15) is 14.0 Å². The Bertz CT molecular complexity index is 1420. The third kappa shape index (κ3) is 5.65. The van der Waals surface area contributed by atoms with Crippen molar-refractivity contribution < 1.29 is 18.7 Å². The molecule has 9 nitrogen and oxygen atoms in total. The van der Waals surface area contributed by atoms with Gasteiger partial charge in [-0.15, -0.1) is 5.10 Å². The Morgan fingerprint density at radius 3 is 2.50 bits per heavy atom. The first-order valence-electron chi connectivity index (χ1n) is 12.5. The van der Waals surface area contributed by atoms with Crippen molar-refractivity contribution in [2.75, 3.05) is 36.5 Å². The number of halogens is 1. The lowest BCUT2D eigenvalue weighted by Crippen LogP contribution is -2.46. The molecule has 1 aliphatic rings. The normalized spacial score (nSPS) is 14.3. The molecule has 0 spiro atoms. The summed E-state index contributed by atoms with van der Waals surface area (Å²) in [6.45, 7) is 4.44. The molecule has 0 radical (unpaired) electrons. The molecule has 1 saturated heterocycles. The van der Waals surface area contributed by atoms with Crippen molar-refractivity contribution in [3.05, 3.63) is 84.2 Å². The number of nitrogens with zero attached hydrogens (tertiary/aromatic N) is 5. The van der Waals surface area contributed by atoms with Gasteiger partial charge in [0.25, 0.3) is 0 Å². The van der Waals surface area contributed by atoms with E-state index in [2.05, 4.69) is 20.5 Å². The van der Waals surface area contributed by atoms with Crippen molar-refractivity contribution in [1.82, 2.24) is 19.9 Å². The van der Waals surface area contributed by atoms with Gasteiger partial charge < -0.3 is 19.9 Å². The minimum absolute atomic E-state index is 0.0668. The number of amides is 2. The lowest BCUT2D eigenvalue weighted by molar-refractivity contribution is -0.139. The third-order valence-corrected chi connectivity index (χ3v) is 6.68. The first kappa shape index (κ1) is 25.3. The number of rotatable bonds is 8. The summed E-state index contributed by atoms with van der Waals surface area (Å²) in [7, 11) is 0. The average molecular weight is 517 g/mol. The van der Waals surface area contributed by atoms with Crippen molar-refractivity contribution in [3.63, 3.8) is 0 Å². The lowest BCUT2D eigenvalue weighted by Gasteiger charge is -2.29. The van der Waals surface area contributed by atoms with E-state index >= 15 is 0 Å². The van der Waals surface area contributed by atoms with Crippen molar-refractivity contribution in [2.24, 2.45) is 0 Å². The number of nitrogens with one attached hydrogen (secondary N) is 1. The van der Waals surface area contributed by atoms with Crippen molar-refractivity contribution in [1.29, 1.82) is 0 Å². The van der Waals surface area contributed by atoms with Gasteiger partial charge in [-0.3, -0.25) is 9.59 Å². The second-order valence-electron chi connectivity index (χ2n) is 9.16. The first-order chi connectivity index (χ1) is 18.5. The molecule has 1 atom stereocenters. The van der Waals surface area contributed by atoms with Gasteiger partial charge in [0.1, 0.15) is 23.9 Å². The molecule has 2 heterocycles. The van der Waals surface area contributed by atoms with Crippen molar-refractivity contribution in [2.45, 2.75) is 26.1 Å². The zero-order valence-electron chi connectivity index (χ0n) is 21.1. The molecule has 1 aromatic heterocycles. The number of anilines is 2. The highest BCUT2D eigenvalue weighted by Crippen LogP contribution is 2.20. The summed E-state index contributed by atoms with van der Waals surface area (Å²) in [6.07, 6.45) is 0. The molecule has 3 aromatic carbocycles. The number of hydrogen-bond donors (Lipinski definition) is 1. The molecule has 1 unspecified atom stereocenters. The summed E-state index contributed by atoms with van der Waals surface area (Å²) in [5, 5.41) is 11.1. The second-order valence-corrected chi connectivity index (χ2v) is 9.16. The summed E-state index contributed by atoms with van der Waals surface area (Å²) in [5.41, 5.74) is 3.34. The molecule has 4 aromatic rings. The Morgan fingerprint density at radius 1 is 1.03 bits per heavy atom. The number of ether oxygens (including phenoxy) is 1. The predicted octanol–water partition coefficient (Wildman–Crippen LogP) is 3.46. The van der Waals surface area contributed by atoms with Crippen LogP contribution < -0.4 is 10.2 Å². The van der Waals surface area contributed by atoms with Crippen LogP contribution in [0.5, 0.6) is 0 Å². The van der Waals surface area contributed by atoms with E-state index in [0.29, 0.717) is 35.5 Å². The highest BCUT2D eigenvalue weighted by Gasteiger charge is 2.28. The Morgan fingerprint density at radius 2 is 1.74 bits per heavy atom. The van der Waals surface area contributed by atoms with Crippen LogP contribution in [-0.2, 0) is 27.4 Å². The number of morpholine rings is 1. The van der Waals surface area contributed by atoms with Gasteiger partial charge >= 0.3 is 0 Å². The monoisotopic (exact) mass is 516 g/mol. The molecular weight excluding hydrogens is 487 g/mol. The van der Waals surface area contributed by atoms with Gasteiger partial charge in [0.15, 0.2) is 0 Å². The number of carbonyl (C=O) groups excluding carboxylic acids is 2. The smallest absolute Gasteiger partial charge is 0.246 e. The van der Waals surface area contributed by atoms with Gasteiger partial charge in [-0.25, -0.2) is 9.07 Å². The van der Waals surface area contributed by atoms with Gasteiger partial charge in [-0.1, -0.05) is 35.5 Å². The van der Waals surface area contributed by atoms with Crippen LogP contribution in [0.3, 0.4) is 0 Å². The second kappa shape index (κ2) is 11.4. The van der Waals surface area contributed by atoms with Gasteiger partial charge in [-0.05, 0) is 49.4 Å². The Hall–Kier alpha value is -4.31. The summed E-state index contributed by atoms with van der Waals surface area (Å²) in [4.78, 5) is 30.4. The van der Waals surface area contributed by atoms with Crippen LogP contribution in [0.25, 0.3) is 11.0 Å². The fourth-order valence-corrected chi connectivity index (χ4v) is 4.47. The van der Waals surface area contributed by atoms with E-state index in [1.165, 1.54) is 15.6 Å². The molecule has 0 saturated carbocycles. The van der Waals surface area contributed by atoms with Crippen molar-refractivity contribution in [3.8, 4) is 0 Å². The quantitative estimate of drug-likeness (QED) is 0.386. The number of benzene rings is 3. The fraction of sp³-hybridized carbons (Fsp3) is 0.286. The van der Waals surface area contributed by atoms with Crippen LogP contribution >= 0.6 is 0 Å². The molecule has 1 fully saturated rings. The molecule has 2 amide bonds. The van der Waals surface area contributed by atoms with E-state index < -0.39 is 11.9 Å². The predicted molar refractivity (Wildman–Crippen MR) is 142 cm³/mol. The number of aromatic nitrogens is 3. The summed E-state index contributed by atoms with van der Waals surface area (Å²) < 4.78 is 21.4. The summed E-state index contributed by atoms with van der Waals surface area (Å²) >= 11 is 0. The minimum Gasteiger partial charge on any atom is -0.378 e. The topological polar surface area (TPSA) is 92.6 Å². The highest BCUT2D eigenvalue weighted by atomic mass is 19.1. The summed E-state index contributed by atoms with van der Waals surface area (Å²) in [5.74, 6) is -1.20. The number of carbonyl (C=O) groups is 2. The molecule has 38 heavy (non-hydrogen) atoms. The Balaban J connectivity index is 1.33. The van der Waals surface area contributed by atoms with Crippen LogP contribution in [0.4, 0.5) is 15.8 Å². The molecule has 0 bridgehead atoms. The minimum atomic E-state index is -0.879. The van der Waals surface area contributed by atoms with Crippen molar-refractivity contribution >= 4 is 34.2 Å². The molecule has 5 rings (SSSR count). The lowest BCUT2D eigenvalue weighted by atomic mass is 10.1. The first-order valence-corrected chi connectivity index (χ1v) is 12.5. The van der Waals surface area contributed by atoms with Gasteiger partial charge in [0.2, 0.25) is 11.8 Å². The van der Waals surface area contributed by atoms with E-state index in [4.69, 9.17) is 4.74 Å². The molecular formula is C28H29FN6O3. The molecule has 1 aliphatic heterocycles. The number of para-hydroxylation sites is 1. The maximum Gasteiger partial charge on any atom is 0.246 e. The van der Waals surface area contributed by atoms with E-state index in [1.807, 2.05) is 42.5 Å². The standard InChI is InChI=1S/C28H29FN6O3/c1-20(28(37)30-22-10-12-23(13-11-22)33-14-16-38-17-15-33)34(18-21-6-2-3-7-24(21)29)27(36)19-35-26-9-5-4-8-25(26)31-32-35/h2-13,20H,14-19H2,1H3,(H,30,37). The third-order valence-electron chi connectivity index (χ3n) is 6.68. The molecule has 1 N–H and O–H groups in total.